The average Bonchev–Trinajstić information content (AvgIpc) is 3.35. The number of pyridine rings is 1. The molecule has 1 saturated heterocycles. The zero-order valence-electron chi connectivity index (χ0n) is 19.9. The third-order valence-corrected chi connectivity index (χ3v) is 6.67. The zero-order chi connectivity index (χ0) is 28.6. The number of aliphatic carboxylic acids is 1. The molecular weight excluding hydrogens is 542 g/mol. The fraction of sp³-hybridized carbons (Fsp3) is 0.375. The van der Waals surface area contributed by atoms with Gasteiger partial charge in [-0.3, -0.25) is 14.8 Å². The Hall–Kier alpha value is -3.75. The van der Waals surface area contributed by atoms with Gasteiger partial charge in [0, 0.05) is 37.3 Å². The fourth-order valence-corrected chi connectivity index (χ4v) is 4.66. The molecule has 2 unspecified atom stereocenters. The number of carboxylic acids is 1. The first kappa shape index (κ1) is 28.3. The Kier molecular flexibility index (Phi) is 7.56. The number of H-pyrrole nitrogens is 1. The molecule has 4 rings (SSSR count). The van der Waals surface area contributed by atoms with Crippen molar-refractivity contribution in [1.82, 2.24) is 20.1 Å². The van der Waals surface area contributed by atoms with Crippen LogP contribution in [0.5, 0.6) is 0 Å². The summed E-state index contributed by atoms with van der Waals surface area (Å²) < 4.78 is 111. The summed E-state index contributed by atoms with van der Waals surface area (Å²) in [6.07, 6.45) is -10.8. The molecule has 7 nitrogen and oxygen atoms in total. The maximum atomic E-state index is 14.6. The van der Waals surface area contributed by atoms with Crippen LogP contribution in [-0.4, -0.2) is 49.9 Å². The highest BCUT2D eigenvalue weighted by atomic mass is 19.4. The number of alkyl halides is 6. The number of aromatic amines is 1. The van der Waals surface area contributed by atoms with Crippen molar-refractivity contribution in [1.29, 1.82) is 0 Å². The van der Waals surface area contributed by atoms with Crippen LogP contribution in [0.3, 0.4) is 0 Å². The lowest BCUT2D eigenvalue weighted by molar-refractivity contribution is -0.208. The molecule has 0 amide bonds. The Bertz CT molecular complexity index is 1330. The molecule has 3 heterocycles. The predicted molar refractivity (Wildman–Crippen MR) is 121 cm³/mol. The van der Waals surface area contributed by atoms with Crippen LogP contribution in [0.25, 0.3) is 0 Å². The number of likely N-dealkylation sites (tertiary alicyclic amines) is 1. The van der Waals surface area contributed by atoms with Gasteiger partial charge in [0.1, 0.15) is 23.5 Å². The molecule has 2 aromatic heterocycles. The summed E-state index contributed by atoms with van der Waals surface area (Å²) in [6, 6.07) is 3.60. The second kappa shape index (κ2) is 10.4. The maximum Gasteiger partial charge on any atom is 0.419 e. The molecule has 0 spiro atoms. The fourth-order valence-electron chi connectivity index (χ4n) is 4.66. The van der Waals surface area contributed by atoms with Gasteiger partial charge >= 0.3 is 18.3 Å². The molecule has 0 saturated carbocycles. The van der Waals surface area contributed by atoms with E-state index in [2.05, 4.69) is 20.5 Å². The van der Waals surface area contributed by atoms with Crippen molar-refractivity contribution in [2.75, 3.05) is 11.9 Å². The lowest BCUT2D eigenvalue weighted by Gasteiger charge is -2.45. The minimum atomic E-state index is -5.05. The van der Waals surface area contributed by atoms with E-state index in [0.29, 0.717) is 16.8 Å². The molecule has 3 N–H and O–H groups in total. The lowest BCUT2D eigenvalue weighted by atomic mass is 9.71. The van der Waals surface area contributed by atoms with E-state index in [1.807, 2.05) is 0 Å². The molecule has 0 bridgehead atoms. The van der Waals surface area contributed by atoms with Gasteiger partial charge in [0.2, 0.25) is 0 Å². The van der Waals surface area contributed by atoms with Crippen LogP contribution < -0.4 is 5.32 Å². The summed E-state index contributed by atoms with van der Waals surface area (Å²) in [7, 11) is 0. The van der Waals surface area contributed by atoms with Crippen LogP contribution in [0.15, 0.2) is 42.6 Å². The van der Waals surface area contributed by atoms with E-state index in [0.717, 1.165) is 18.2 Å². The van der Waals surface area contributed by atoms with Crippen LogP contribution in [0.4, 0.5) is 46.8 Å². The Morgan fingerprint density at radius 3 is 2.46 bits per heavy atom. The molecular formula is C24H21F8N5O2. The van der Waals surface area contributed by atoms with Gasteiger partial charge in [-0.05, 0) is 31.0 Å². The molecule has 2 atom stereocenters. The van der Waals surface area contributed by atoms with Gasteiger partial charge in [-0.15, -0.1) is 0 Å². The summed E-state index contributed by atoms with van der Waals surface area (Å²) >= 11 is 0. The standard InChI is InChI=1S/C24H21F8N5O2/c25-15-4-5-18(35-19-6-8-33-36-19)34-16(15)10-22(21(38)39)7-9-37(17(11-22)24(30,31)32)12-13-2-1-3-14(20(13)26)23(27,28)29/h1-6,8,17H,7,9-12H2,(H,38,39)(H2,33,34,35,36). The Labute approximate surface area is 215 Å². The topological polar surface area (TPSA) is 94.1 Å². The Balaban J connectivity index is 1.62. The number of hydrogen-bond acceptors (Lipinski definition) is 5. The van der Waals surface area contributed by atoms with Crippen molar-refractivity contribution >= 4 is 17.6 Å². The predicted octanol–water partition coefficient (Wildman–Crippen LogP) is 5.69. The third-order valence-electron chi connectivity index (χ3n) is 6.67. The molecule has 1 aliphatic heterocycles. The van der Waals surface area contributed by atoms with Crippen LogP contribution >= 0.6 is 0 Å². The number of rotatable bonds is 7. The van der Waals surface area contributed by atoms with Crippen molar-refractivity contribution in [2.24, 2.45) is 5.41 Å². The van der Waals surface area contributed by atoms with Gasteiger partial charge in [0.05, 0.1) is 16.7 Å². The van der Waals surface area contributed by atoms with Gasteiger partial charge in [-0.1, -0.05) is 12.1 Å². The Morgan fingerprint density at radius 2 is 1.85 bits per heavy atom. The highest BCUT2D eigenvalue weighted by molar-refractivity contribution is 5.75. The molecule has 15 heteroatoms. The van der Waals surface area contributed by atoms with Crippen LogP contribution in [0, 0.1) is 17.0 Å². The SMILES string of the molecule is O=C(O)C1(Cc2nc(Nc3cc[nH]n3)ccc2F)CCN(Cc2cccc(C(F)(F)F)c2F)C(C(F)(F)F)C1. The minimum absolute atomic E-state index is 0.0730. The molecule has 0 aliphatic carbocycles. The molecule has 0 radical (unpaired) electrons. The van der Waals surface area contributed by atoms with E-state index < -0.39 is 90.6 Å². The van der Waals surface area contributed by atoms with Crippen LogP contribution in [0.1, 0.15) is 29.7 Å². The molecule has 39 heavy (non-hydrogen) atoms. The molecule has 1 fully saturated rings. The first-order chi connectivity index (χ1) is 18.2. The number of nitrogens with one attached hydrogen (secondary N) is 2. The summed E-state index contributed by atoms with van der Waals surface area (Å²) in [4.78, 5) is 17.1. The quantitative estimate of drug-likeness (QED) is 0.320. The van der Waals surface area contributed by atoms with Gasteiger partial charge in [0.25, 0.3) is 0 Å². The monoisotopic (exact) mass is 563 g/mol. The van der Waals surface area contributed by atoms with E-state index >= 15 is 0 Å². The number of carbonyl (C=O) groups is 1. The zero-order valence-corrected chi connectivity index (χ0v) is 19.9. The second-order valence-corrected chi connectivity index (χ2v) is 9.23. The van der Waals surface area contributed by atoms with Gasteiger partial charge in [-0.25, -0.2) is 13.8 Å². The van der Waals surface area contributed by atoms with Crippen LogP contribution in [0.2, 0.25) is 0 Å². The number of anilines is 2. The molecule has 1 aromatic carbocycles. The van der Waals surface area contributed by atoms with Gasteiger partial charge in [-0.2, -0.15) is 31.4 Å². The first-order valence-electron chi connectivity index (χ1n) is 11.5. The number of carboxylic acid groups (broad SMARTS) is 1. The van der Waals surface area contributed by atoms with E-state index in [9.17, 15) is 45.0 Å². The van der Waals surface area contributed by atoms with Crippen molar-refractivity contribution in [3.8, 4) is 0 Å². The normalized spacial score (nSPS) is 20.7. The van der Waals surface area contributed by atoms with Crippen molar-refractivity contribution < 1.29 is 45.0 Å². The smallest absolute Gasteiger partial charge is 0.419 e. The summed E-state index contributed by atoms with van der Waals surface area (Å²) in [5.41, 5.74) is -4.74. The summed E-state index contributed by atoms with van der Waals surface area (Å²) in [6.45, 7) is -1.40. The number of piperidine rings is 1. The van der Waals surface area contributed by atoms with Crippen LogP contribution in [-0.2, 0) is 23.9 Å². The van der Waals surface area contributed by atoms with Crippen molar-refractivity contribution in [2.45, 2.75) is 44.2 Å². The van der Waals surface area contributed by atoms with E-state index in [4.69, 9.17) is 0 Å². The minimum Gasteiger partial charge on any atom is -0.481 e. The van der Waals surface area contributed by atoms with E-state index in [-0.39, 0.29) is 5.82 Å². The third kappa shape index (κ3) is 6.13. The molecule has 3 aromatic rings. The highest BCUT2D eigenvalue weighted by Crippen LogP contribution is 2.44. The number of hydrogen-bond donors (Lipinski definition) is 3. The van der Waals surface area contributed by atoms with Crippen molar-refractivity contribution in [3.63, 3.8) is 0 Å². The maximum absolute atomic E-state index is 14.6. The van der Waals surface area contributed by atoms with Gasteiger partial charge in [0.15, 0.2) is 5.82 Å². The summed E-state index contributed by atoms with van der Waals surface area (Å²) in [5, 5.41) is 19.1. The number of nitrogens with zero attached hydrogens (tertiary/aromatic N) is 3. The van der Waals surface area contributed by atoms with Crippen molar-refractivity contribution in [3.05, 3.63) is 71.1 Å². The van der Waals surface area contributed by atoms with E-state index in [1.165, 1.54) is 18.3 Å². The number of halogens is 8. The average molecular weight is 563 g/mol. The number of benzene rings is 1. The second-order valence-electron chi connectivity index (χ2n) is 9.23. The molecule has 210 valence electrons. The van der Waals surface area contributed by atoms with Gasteiger partial charge < -0.3 is 10.4 Å². The largest absolute Gasteiger partial charge is 0.481 e. The highest BCUT2D eigenvalue weighted by Gasteiger charge is 2.55. The lowest BCUT2D eigenvalue weighted by Crippen LogP contribution is -2.56. The Morgan fingerprint density at radius 1 is 1.10 bits per heavy atom. The summed E-state index contributed by atoms with van der Waals surface area (Å²) in [5.74, 6) is -3.87. The first-order valence-corrected chi connectivity index (χ1v) is 11.5. The number of aromatic nitrogens is 3. The molecule has 1 aliphatic rings. The van der Waals surface area contributed by atoms with E-state index in [1.54, 1.807) is 0 Å².